The van der Waals surface area contributed by atoms with E-state index in [1.54, 1.807) is 0 Å². The zero-order valence-electron chi connectivity index (χ0n) is 12.0. The second-order valence-electron chi connectivity index (χ2n) is 5.31. The van der Waals surface area contributed by atoms with Crippen molar-refractivity contribution < 1.29 is 9.26 Å². The lowest BCUT2D eigenvalue weighted by atomic mass is 10.1. The van der Waals surface area contributed by atoms with Crippen molar-refractivity contribution in [3.63, 3.8) is 0 Å². The minimum Gasteiger partial charge on any atom is -0.487 e. The molecular formula is C15H19N3O2. The molecule has 20 heavy (non-hydrogen) atoms. The molecule has 5 nitrogen and oxygen atoms in total. The van der Waals surface area contributed by atoms with Crippen LogP contribution in [-0.2, 0) is 6.54 Å². The fraction of sp³-hybridized carbons (Fsp3) is 0.400. The fourth-order valence-corrected chi connectivity index (χ4v) is 2.69. The molecule has 1 atom stereocenters. The van der Waals surface area contributed by atoms with Crippen LogP contribution in [-0.4, -0.2) is 17.8 Å². The second-order valence-corrected chi connectivity index (χ2v) is 5.31. The van der Waals surface area contributed by atoms with E-state index in [4.69, 9.17) is 15.0 Å². The third kappa shape index (κ3) is 2.09. The summed E-state index contributed by atoms with van der Waals surface area (Å²) < 4.78 is 11.1. The van der Waals surface area contributed by atoms with Crippen molar-refractivity contribution in [2.75, 3.05) is 17.2 Å². The highest BCUT2D eigenvalue weighted by Gasteiger charge is 2.26. The highest BCUT2D eigenvalue weighted by molar-refractivity contribution is 5.75. The number of aromatic nitrogens is 1. The van der Waals surface area contributed by atoms with Gasteiger partial charge in [-0.25, -0.2) is 0 Å². The van der Waals surface area contributed by atoms with Gasteiger partial charge in [0.2, 0.25) is 0 Å². The van der Waals surface area contributed by atoms with E-state index in [2.05, 4.69) is 17.0 Å². The number of nitrogens with zero attached hydrogens (tertiary/aromatic N) is 2. The van der Waals surface area contributed by atoms with E-state index < -0.39 is 0 Å². The largest absolute Gasteiger partial charge is 0.487 e. The first kappa shape index (κ1) is 12.8. The summed E-state index contributed by atoms with van der Waals surface area (Å²) in [5, 5.41) is 4.01. The number of hydrogen-bond donors (Lipinski definition) is 1. The first-order valence-electron chi connectivity index (χ1n) is 6.78. The zero-order chi connectivity index (χ0) is 14.3. The number of nitrogens with two attached hydrogens (primary N) is 1. The van der Waals surface area contributed by atoms with E-state index in [1.165, 1.54) is 0 Å². The van der Waals surface area contributed by atoms with Crippen molar-refractivity contribution in [1.82, 2.24) is 5.16 Å². The maximum absolute atomic E-state index is 6.12. The Labute approximate surface area is 118 Å². The lowest BCUT2D eigenvalue weighted by Gasteiger charge is -2.35. The summed E-state index contributed by atoms with van der Waals surface area (Å²) in [7, 11) is 0. The van der Waals surface area contributed by atoms with Crippen molar-refractivity contribution in [2.45, 2.75) is 33.4 Å². The zero-order valence-corrected chi connectivity index (χ0v) is 12.0. The van der Waals surface area contributed by atoms with Crippen LogP contribution in [0.1, 0.15) is 23.9 Å². The van der Waals surface area contributed by atoms with Crippen LogP contribution in [0.3, 0.4) is 0 Å². The average molecular weight is 273 g/mol. The smallest absolute Gasteiger partial charge is 0.145 e. The SMILES string of the molecule is Cc1noc(C)c1CN1CC(C)Oc2cccc(N)c21. The Morgan fingerprint density at radius 1 is 1.40 bits per heavy atom. The molecule has 0 radical (unpaired) electrons. The van der Waals surface area contributed by atoms with Gasteiger partial charge in [-0.2, -0.15) is 0 Å². The van der Waals surface area contributed by atoms with Crippen LogP contribution in [0.5, 0.6) is 5.75 Å². The molecule has 2 aromatic rings. The molecule has 106 valence electrons. The molecule has 2 N–H and O–H groups in total. The topological polar surface area (TPSA) is 64.5 Å². The summed E-state index contributed by atoms with van der Waals surface area (Å²) in [6, 6.07) is 5.78. The van der Waals surface area contributed by atoms with Crippen molar-refractivity contribution in [2.24, 2.45) is 0 Å². The maximum atomic E-state index is 6.12. The predicted octanol–water partition coefficient (Wildman–Crippen LogP) is 2.66. The Kier molecular flexibility index (Phi) is 3.04. The van der Waals surface area contributed by atoms with Crippen molar-refractivity contribution >= 4 is 11.4 Å². The average Bonchev–Trinajstić information content (AvgIpc) is 2.70. The van der Waals surface area contributed by atoms with Crippen LogP contribution in [0, 0.1) is 13.8 Å². The summed E-state index contributed by atoms with van der Waals surface area (Å²) in [6.45, 7) is 7.49. The highest BCUT2D eigenvalue weighted by Crippen LogP contribution is 2.39. The summed E-state index contributed by atoms with van der Waals surface area (Å²) >= 11 is 0. The molecule has 1 aliphatic heterocycles. The Morgan fingerprint density at radius 3 is 2.90 bits per heavy atom. The van der Waals surface area contributed by atoms with Crippen LogP contribution in [0.15, 0.2) is 22.7 Å². The second kappa shape index (κ2) is 4.74. The predicted molar refractivity (Wildman–Crippen MR) is 78.0 cm³/mol. The van der Waals surface area contributed by atoms with E-state index >= 15 is 0 Å². The summed E-state index contributed by atoms with van der Waals surface area (Å²) in [6.07, 6.45) is 0.129. The van der Waals surface area contributed by atoms with Crippen molar-refractivity contribution in [3.8, 4) is 5.75 Å². The molecule has 0 spiro atoms. The van der Waals surface area contributed by atoms with E-state index in [9.17, 15) is 0 Å². The molecule has 3 rings (SSSR count). The molecule has 0 saturated heterocycles. The Bertz CT molecular complexity index is 617. The quantitative estimate of drug-likeness (QED) is 0.852. The van der Waals surface area contributed by atoms with Crippen molar-refractivity contribution in [3.05, 3.63) is 35.2 Å². The molecule has 0 aliphatic carbocycles. The number of ether oxygens (including phenoxy) is 1. The molecular weight excluding hydrogens is 254 g/mol. The lowest BCUT2D eigenvalue weighted by molar-refractivity contribution is 0.212. The molecule has 5 heteroatoms. The van der Waals surface area contributed by atoms with Gasteiger partial charge < -0.3 is 19.9 Å². The van der Waals surface area contributed by atoms with Gasteiger partial charge in [0.05, 0.1) is 17.9 Å². The number of hydrogen-bond acceptors (Lipinski definition) is 5. The molecule has 0 amide bonds. The van der Waals surface area contributed by atoms with Gasteiger partial charge in [-0.1, -0.05) is 11.2 Å². The van der Waals surface area contributed by atoms with Gasteiger partial charge in [0, 0.05) is 12.1 Å². The number of anilines is 2. The van der Waals surface area contributed by atoms with E-state index in [0.29, 0.717) is 0 Å². The number of fused-ring (bicyclic) bond motifs is 1. The lowest BCUT2D eigenvalue weighted by Crippen LogP contribution is -2.38. The number of para-hydroxylation sites is 1. The summed E-state index contributed by atoms with van der Waals surface area (Å²) in [5.74, 6) is 1.70. The van der Waals surface area contributed by atoms with Crippen LogP contribution < -0.4 is 15.4 Å². The van der Waals surface area contributed by atoms with Gasteiger partial charge in [0.25, 0.3) is 0 Å². The van der Waals surface area contributed by atoms with Gasteiger partial charge in [-0.15, -0.1) is 0 Å². The molecule has 0 fully saturated rings. The van der Waals surface area contributed by atoms with E-state index in [-0.39, 0.29) is 6.10 Å². The van der Waals surface area contributed by atoms with Gasteiger partial charge in [-0.05, 0) is 32.9 Å². The number of benzene rings is 1. The third-order valence-electron chi connectivity index (χ3n) is 3.68. The Balaban J connectivity index is 1.99. The van der Waals surface area contributed by atoms with Crippen LogP contribution >= 0.6 is 0 Å². The van der Waals surface area contributed by atoms with E-state index in [0.717, 1.165) is 47.2 Å². The molecule has 0 bridgehead atoms. The van der Waals surface area contributed by atoms with Crippen molar-refractivity contribution in [1.29, 1.82) is 0 Å². The van der Waals surface area contributed by atoms with Gasteiger partial charge in [0.1, 0.15) is 23.3 Å². The standard InChI is InChI=1S/C15H19N3O2/c1-9-7-18(8-12-10(2)17-20-11(12)3)15-13(16)5-4-6-14(15)19-9/h4-6,9H,7-8,16H2,1-3H3. The normalized spacial score (nSPS) is 17.8. The Hall–Kier alpha value is -2.17. The van der Waals surface area contributed by atoms with Crippen LogP contribution in [0.25, 0.3) is 0 Å². The Morgan fingerprint density at radius 2 is 2.20 bits per heavy atom. The first-order chi connectivity index (χ1) is 9.56. The molecule has 2 heterocycles. The third-order valence-corrected chi connectivity index (χ3v) is 3.68. The van der Waals surface area contributed by atoms with Gasteiger partial charge in [-0.3, -0.25) is 0 Å². The number of nitrogen functional groups attached to an aromatic ring is 1. The maximum Gasteiger partial charge on any atom is 0.145 e. The minimum atomic E-state index is 0.129. The van der Waals surface area contributed by atoms with Gasteiger partial charge in [0.15, 0.2) is 0 Å². The minimum absolute atomic E-state index is 0.129. The molecule has 1 aromatic carbocycles. The van der Waals surface area contributed by atoms with Crippen LogP contribution in [0.4, 0.5) is 11.4 Å². The van der Waals surface area contributed by atoms with E-state index in [1.807, 2.05) is 32.0 Å². The van der Waals surface area contributed by atoms with Crippen LogP contribution in [0.2, 0.25) is 0 Å². The summed E-state index contributed by atoms with van der Waals surface area (Å²) in [4.78, 5) is 2.24. The molecule has 0 saturated carbocycles. The summed E-state index contributed by atoms with van der Waals surface area (Å²) in [5.41, 5.74) is 9.87. The number of rotatable bonds is 2. The molecule has 1 unspecified atom stereocenters. The first-order valence-corrected chi connectivity index (χ1v) is 6.78. The highest BCUT2D eigenvalue weighted by atomic mass is 16.5. The molecule has 1 aliphatic rings. The molecule has 1 aromatic heterocycles. The van der Waals surface area contributed by atoms with Gasteiger partial charge >= 0.3 is 0 Å². The fourth-order valence-electron chi connectivity index (χ4n) is 2.69. The monoisotopic (exact) mass is 273 g/mol. The number of aryl methyl sites for hydroxylation is 2.